The highest BCUT2D eigenvalue weighted by Crippen LogP contribution is 2.33. The van der Waals surface area contributed by atoms with Crippen LogP contribution in [0.1, 0.15) is 0 Å². The average Bonchev–Trinajstić information content (AvgIpc) is 2.84. The van der Waals surface area contributed by atoms with E-state index in [9.17, 15) is 52.7 Å². The van der Waals surface area contributed by atoms with Gasteiger partial charge in [0.1, 0.15) is 23.1 Å². The van der Waals surface area contributed by atoms with Gasteiger partial charge in [-0.1, -0.05) is 0 Å². The number of hydrogen-bond donors (Lipinski definition) is 0. The molecule has 4 rings (SSSR count). The Hall–Kier alpha value is -4.04. The summed E-state index contributed by atoms with van der Waals surface area (Å²) in [4.78, 5) is 0. The highest BCUT2D eigenvalue weighted by atomic mass is 19.2. The Kier molecular flexibility index (Phi) is 6.65. The Bertz CT molecular complexity index is 1550. The van der Waals surface area contributed by atoms with E-state index in [4.69, 9.17) is 9.31 Å². The minimum atomic E-state index is -3.01. The molecule has 0 aliphatic rings. The zero-order chi connectivity index (χ0) is 27.3. The van der Waals surface area contributed by atoms with Crippen molar-refractivity contribution in [2.24, 2.45) is 0 Å². The van der Waals surface area contributed by atoms with Gasteiger partial charge in [-0.05, 0) is 18.2 Å². The molecular formula is C22H5BF12O2. The van der Waals surface area contributed by atoms with Crippen molar-refractivity contribution in [3.63, 3.8) is 0 Å². The Morgan fingerprint density at radius 2 is 1.00 bits per heavy atom. The Morgan fingerprint density at radius 1 is 0.459 bits per heavy atom. The van der Waals surface area contributed by atoms with Gasteiger partial charge < -0.3 is 9.31 Å². The summed E-state index contributed by atoms with van der Waals surface area (Å²) in [6.45, 7) is 0. The van der Waals surface area contributed by atoms with Crippen LogP contribution in [0.4, 0.5) is 52.7 Å². The molecule has 0 amide bonds. The Morgan fingerprint density at radius 3 is 1.62 bits per heavy atom. The molecule has 0 aliphatic carbocycles. The minimum absolute atomic E-state index is 0.0179. The van der Waals surface area contributed by atoms with E-state index in [0.29, 0.717) is 12.1 Å². The van der Waals surface area contributed by atoms with E-state index in [1.165, 1.54) is 0 Å². The molecule has 0 spiro atoms. The van der Waals surface area contributed by atoms with Crippen LogP contribution in [0.15, 0.2) is 30.3 Å². The van der Waals surface area contributed by atoms with Gasteiger partial charge in [0, 0.05) is 17.5 Å². The number of halogens is 12. The van der Waals surface area contributed by atoms with E-state index in [2.05, 4.69) is 0 Å². The molecule has 4 aromatic carbocycles. The first-order valence-corrected chi connectivity index (χ1v) is 9.58. The van der Waals surface area contributed by atoms with Crippen LogP contribution < -0.4 is 14.8 Å². The molecule has 0 heterocycles. The van der Waals surface area contributed by atoms with Crippen molar-refractivity contribution < 1.29 is 62.0 Å². The lowest BCUT2D eigenvalue weighted by atomic mass is 9.77. The standard InChI is InChI=1S/C22H5BF12O2/c24-6-3-9(26)15(28)12(4-6)37-23(14-18(31)20(33)22(35)21(34)19(14)32)36-11-2-1-8(25)13-7(11)5-10(27)16(29)17(13)30/h1-5H. The first kappa shape index (κ1) is 26.0. The lowest BCUT2D eigenvalue weighted by molar-refractivity contribution is 0.371. The summed E-state index contributed by atoms with van der Waals surface area (Å²) in [6, 6.07) is 1.20. The van der Waals surface area contributed by atoms with Crippen molar-refractivity contribution in [1.82, 2.24) is 0 Å². The van der Waals surface area contributed by atoms with Crippen LogP contribution in [-0.4, -0.2) is 7.12 Å². The molecular weight excluding hydrogens is 535 g/mol. The van der Waals surface area contributed by atoms with Gasteiger partial charge in [0.15, 0.2) is 58.2 Å². The lowest BCUT2D eigenvalue weighted by Crippen LogP contribution is -2.48. The minimum Gasteiger partial charge on any atom is -0.521 e. The van der Waals surface area contributed by atoms with Crippen molar-refractivity contribution in [2.75, 3.05) is 0 Å². The van der Waals surface area contributed by atoms with Crippen molar-refractivity contribution in [3.8, 4) is 11.5 Å². The van der Waals surface area contributed by atoms with Gasteiger partial charge in [0.2, 0.25) is 0 Å². The molecule has 0 radical (unpaired) electrons. The molecule has 0 aliphatic heterocycles. The molecule has 0 unspecified atom stereocenters. The number of benzene rings is 4. The third-order valence-corrected chi connectivity index (χ3v) is 4.95. The van der Waals surface area contributed by atoms with Crippen LogP contribution >= 0.6 is 0 Å². The van der Waals surface area contributed by atoms with Crippen LogP contribution in [0, 0.1) is 69.8 Å². The van der Waals surface area contributed by atoms with Gasteiger partial charge in [0.05, 0.1) is 10.8 Å². The van der Waals surface area contributed by atoms with Gasteiger partial charge in [-0.2, -0.15) is 4.39 Å². The summed E-state index contributed by atoms with van der Waals surface area (Å²) in [5.74, 6) is -28.5. The second-order valence-corrected chi connectivity index (χ2v) is 7.21. The molecule has 0 aromatic heterocycles. The molecule has 37 heavy (non-hydrogen) atoms. The third kappa shape index (κ3) is 4.38. The summed E-state index contributed by atoms with van der Waals surface area (Å²) in [6.07, 6.45) is 0. The predicted molar refractivity (Wildman–Crippen MR) is 103 cm³/mol. The molecule has 0 saturated heterocycles. The molecule has 192 valence electrons. The van der Waals surface area contributed by atoms with E-state index in [1.54, 1.807) is 0 Å². The second-order valence-electron chi connectivity index (χ2n) is 7.21. The maximum atomic E-state index is 14.5. The van der Waals surface area contributed by atoms with Crippen LogP contribution in [0.5, 0.6) is 11.5 Å². The molecule has 0 N–H and O–H groups in total. The predicted octanol–water partition coefficient (Wildman–Crippen LogP) is 6.36. The summed E-state index contributed by atoms with van der Waals surface area (Å²) >= 11 is 0. The van der Waals surface area contributed by atoms with E-state index in [0.717, 1.165) is 0 Å². The first-order chi connectivity index (χ1) is 17.3. The molecule has 2 nitrogen and oxygen atoms in total. The number of fused-ring (bicyclic) bond motifs is 1. The maximum Gasteiger partial charge on any atom is 0.639 e. The fourth-order valence-electron chi connectivity index (χ4n) is 3.27. The van der Waals surface area contributed by atoms with Crippen LogP contribution in [-0.2, 0) is 0 Å². The van der Waals surface area contributed by atoms with Crippen LogP contribution in [0.25, 0.3) is 10.8 Å². The Labute approximate surface area is 197 Å². The highest BCUT2D eigenvalue weighted by Gasteiger charge is 2.40. The summed E-state index contributed by atoms with van der Waals surface area (Å²) < 4.78 is 177. The fourth-order valence-corrected chi connectivity index (χ4v) is 3.27. The molecule has 15 heteroatoms. The zero-order valence-electron chi connectivity index (χ0n) is 17.3. The number of hydrogen-bond acceptors (Lipinski definition) is 2. The van der Waals surface area contributed by atoms with Crippen LogP contribution in [0.3, 0.4) is 0 Å². The van der Waals surface area contributed by atoms with Crippen LogP contribution in [0.2, 0.25) is 0 Å². The van der Waals surface area contributed by atoms with Gasteiger partial charge in [-0.3, -0.25) is 0 Å². The molecule has 0 atom stereocenters. The van der Waals surface area contributed by atoms with E-state index < -0.39 is 105 Å². The fraction of sp³-hybridized carbons (Fsp3) is 0. The van der Waals surface area contributed by atoms with E-state index in [-0.39, 0.29) is 18.2 Å². The van der Waals surface area contributed by atoms with Crippen molar-refractivity contribution in [2.45, 2.75) is 0 Å². The van der Waals surface area contributed by atoms with E-state index in [1.807, 2.05) is 0 Å². The topological polar surface area (TPSA) is 18.5 Å². The highest BCUT2D eigenvalue weighted by molar-refractivity contribution is 6.63. The largest absolute Gasteiger partial charge is 0.639 e. The summed E-state index contributed by atoms with van der Waals surface area (Å²) in [5.41, 5.74) is -1.97. The molecule has 0 saturated carbocycles. The van der Waals surface area contributed by atoms with Gasteiger partial charge >= 0.3 is 7.12 Å². The smallest absolute Gasteiger partial charge is 0.521 e. The lowest BCUT2D eigenvalue weighted by Gasteiger charge is -2.20. The number of rotatable bonds is 5. The molecule has 0 fully saturated rings. The van der Waals surface area contributed by atoms with Crippen molar-refractivity contribution >= 4 is 23.4 Å². The molecule has 0 bridgehead atoms. The van der Waals surface area contributed by atoms with Crippen molar-refractivity contribution in [3.05, 3.63) is 100 Å². The second kappa shape index (κ2) is 9.44. The normalized spacial score (nSPS) is 11.2. The van der Waals surface area contributed by atoms with Gasteiger partial charge in [0.25, 0.3) is 0 Å². The Balaban J connectivity index is 1.97. The quantitative estimate of drug-likeness (QED) is 0.127. The monoisotopic (exact) mass is 540 g/mol. The van der Waals surface area contributed by atoms with Gasteiger partial charge in [-0.15, -0.1) is 0 Å². The summed E-state index contributed by atoms with van der Waals surface area (Å²) in [5, 5.41) is -2.24. The average molecular weight is 540 g/mol. The van der Waals surface area contributed by atoms with Crippen molar-refractivity contribution in [1.29, 1.82) is 0 Å². The SMILES string of the molecule is Fc1cc(F)c(F)c(OB(Oc2ccc(F)c3c(F)c(F)c(F)cc23)c2c(F)c(F)c(F)c(F)c2F)c1. The zero-order valence-corrected chi connectivity index (χ0v) is 17.3. The first-order valence-electron chi connectivity index (χ1n) is 9.58. The summed E-state index contributed by atoms with van der Waals surface area (Å²) in [7, 11) is -3.01. The molecule has 4 aromatic rings. The maximum absolute atomic E-state index is 14.5. The van der Waals surface area contributed by atoms with E-state index >= 15 is 0 Å². The third-order valence-electron chi connectivity index (χ3n) is 4.95. The van der Waals surface area contributed by atoms with Gasteiger partial charge in [-0.25, -0.2) is 48.3 Å².